The van der Waals surface area contributed by atoms with E-state index in [1.165, 1.54) is 0 Å². The molecule has 0 aliphatic carbocycles. The number of hydrogen-bond donors (Lipinski definition) is 1. The first-order valence-corrected chi connectivity index (χ1v) is 6.78. The standard InChI is InChI=1S/C18H18O2/c1-17(2)15-10-6-7-11-16(15)18(19,20-17)13-12-14-8-4-3-5-9-14/h3-13,19H,1-2H3/b13-12+/t18-/m1/s1. The van der Waals surface area contributed by atoms with Crippen molar-refractivity contribution in [1.29, 1.82) is 0 Å². The van der Waals surface area contributed by atoms with E-state index in [-0.39, 0.29) is 0 Å². The third kappa shape index (κ3) is 2.17. The van der Waals surface area contributed by atoms with Gasteiger partial charge < -0.3 is 9.84 Å². The van der Waals surface area contributed by atoms with Crippen molar-refractivity contribution in [2.75, 3.05) is 0 Å². The van der Waals surface area contributed by atoms with Crippen LogP contribution in [0, 0.1) is 0 Å². The molecule has 3 rings (SSSR count). The summed E-state index contributed by atoms with van der Waals surface area (Å²) in [6.07, 6.45) is 3.61. The van der Waals surface area contributed by atoms with Gasteiger partial charge in [0.1, 0.15) is 0 Å². The molecule has 0 saturated carbocycles. The first-order valence-electron chi connectivity index (χ1n) is 6.78. The van der Waals surface area contributed by atoms with E-state index in [9.17, 15) is 5.11 Å². The van der Waals surface area contributed by atoms with Crippen LogP contribution in [0.5, 0.6) is 0 Å². The number of hydrogen-bond acceptors (Lipinski definition) is 2. The first-order chi connectivity index (χ1) is 9.51. The molecule has 1 atom stereocenters. The minimum Gasteiger partial charge on any atom is -0.359 e. The number of rotatable bonds is 2. The highest BCUT2D eigenvalue weighted by Gasteiger charge is 2.46. The van der Waals surface area contributed by atoms with E-state index in [4.69, 9.17) is 4.74 Å². The molecule has 1 aliphatic rings. The van der Waals surface area contributed by atoms with E-state index in [1.54, 1.807) is 6.08 Å². The lowest BCUT2D eigenvalue weighted by atomic mass is 9.93. The summed E-state index contributed by atoms with van der Waals surface area (Å²) in [5.74, 6) is -1.37. The second-order valence-electron chi connectivity index (χ2n) is 5.60. The molecule has 0 bridgehead atoms. The maximum Gasteiger partial charge on any atom is 0.214 e. The third-order valence-electron chi connectivity index (χ3n) is 3.67. The predicted octanol–water partition coefficient (Wildman–Crippen LogP) is 3.81. The molecule has 102 valence electrons. The van der Waals surface area contributed by atoms with Gasteiger partial charge in [-0.1, -0.05) is 60.7 Å². The monoisotopic (exact) mass is 266 g/mol. The Kier molecular flexibility index (Phi) is 3.00. The Morgan fingerprint density at radius 1 is 0.900 bits per heavy atom. The molecule has 2 aromatic carbocycles. The molecular weight excluding hydrogens is 248 g/mol. The van der Waals surface area contributed by atoms with Crippen molar-refractivity contribution in [3.63, 3.8) is 0 Å². The van der Waals surface area contributed by atoms with E-state index in [0.717, 1.165) is 16.7 Å². The van der Waals surface area contributed by atoms with Crippen LogP contribution in [0.1, 0.15) is 30.5 Å². The normalized spacial score (nSPS) is 23.9. The molecular formula is C18H18O2. The fourth-order valence-electron chi connectivity index (χ4n) is 2.72. The van der Waals surface area contributed by atoms with E-state index in [1.807, 2.05) is 74.5 Å². The molecule has 20 heavy (non-hydrogen) atoms. The van der Waals surface area contributed by atoms with Gasteiger partial charge in [0.15, 0.2) is 0 Å². The van der Waals surface area contributed by atoms with Crippen molar-refractivity contribution < 1.29 is 9.84 Å². The first kappa shape index (κ1) is 13.1. The van der Waals surface area contributed by atoms with Crippen molar-refractivity contribution in [2.45, 2.75) is 25.2 Å². The van der Waals surface area contributed by atoms with Gasteiger partial charge in [0.05, 0.1) is 5.60 Å². The van der Waals surface area contributed by atoms with Crippen LogP contribution < -0.4 is 0 Å². The van der Waals surface area contributed by atoms with Crippen LogP contribution >= 0.6 is 0 Å². The van der Waals surface area contributed by atoms with Crippen molar-refractivity contribution in [2.24, 2.45) is 0 Å². The zero-order valence-electron chi connectivity index (χ0n) is 11.7. The molecule has 2 aromatic rings. The average Bonchev–Trinajstić information content (AvgIpc) is 2.66. The highest BCUT2D eigenvalue weighted by Crippen LogP contribution is 2.46. The summed E-state index contributed by atoms with van der Waals surface area (Å²) in [4.78, 5) is 0. The van der Waals surface area contributed by atoms with Crippen LogP contribution in [0.4, 0.5) is 0 Å². The molecule has 1 heterocycles. The van der Waals surface area contributed by atoms with E-state index < -0.39 is 11.4 Å². The van der Waals surface area contributed by atoms with Crippen molar-refractivity contribution in [3.05, 3.63) is 77.4 Å². The van der Waals surface area contributed by atoms with Gasteiger partial charge in [-0.2, -0.15) is 0 Å². The van der Waals surface area contributed by atoms with Crippen molar-refractivity contribution in [3.8, 4) is 0 Å². The highest BCUT2D eigenvalue weighted by molar-refractivity contribution is 5.53. The van der Waals surface area contributed by atoms with Crippen LogP contribution in [-0.4, -0.2) is 5.11 Å². The number of aliphatic hydroxyl groups is 1. The van der Waals surface area contributed by atoms with Gasteiger partial charge >= 0.3 is 0 Å². The van der Waals surface area contributed by atoms with Crippen LogP contribution in [0.15, 0.2) is 60.7 Å². The van der Waals surface area contributed by atoms with Crippen LogP contribution in [0.2, 0.25) is 0 Å². The predicted molar refractivity (Wildman–Crippen MR) is 79.9 cm³/mol. The topological polar surface area (TPSA) is 29.5 Å². The summed E-state index contributed by atoms with van der Waals surface area (Å²) in [6.45, 7) is 3.94. The summed E-state index contributed by atoms with van der Waals surface area (Å²) in [6, 6.07) is 17.7. The third-order valence-corrected chi connectivity index (χ3v) is 3.67. The van der Waals surface area contributed by atoms with Gasteiger partial charge in [0.25, 0.3) is 0 Å². The van der Waals surface area contributed by atoms with Gasteiger partial charge in [-0.15, -0.1) is 0 Å². The number of fused-ring (bicyclic) bond motifs is 1. The fraction of sp³-hybridized carbons (Fsp3) is 0.222. The Labute approximate surface area is 119 Å². The number of ether oxygens (including phenoxy) is 1. The van der Waals surface area contributed by atoms with Crippen molar-refractivity contribution in [1.82, 2.24) is 0 Å². The Hall–Kier alpha value is -1.90. The summed E-state index contributed by atoms with van der Waals surface area (Å²) >= 11 is 0. The van der Waals surface area contributed by atoms with Gasteiger partial charge in [-0.25, -0.2) is 0 Å². The molecule has 0 amide bonds. The summed E-state index contributed by atoms with van der Waals surface area (Å²) in [5.41, 5.74) is 2.39. The molecule has 2 nitrogen and oxygen atoms in total. The lowest BCUT2D eigenvalue weighted by molar-refractivity contribution is -0.217. The van der Waals surface area contributed by atoms with Crippen LogP contribution in [-0.2, 0) is 16.1 Å². The maximum atomic E-state index is 10.8. The summed E-state index contributed by atoms with van der Waals surface area (Å²) < 4.78 is 5.90. The van der Waals surface area contributed by atoms with Crippen LogP contribution in [0.25, 0.3) is 6.08 Å². The summed E-state index contributed by atoms with van der Waals surface area (Å²) in [5, 5.41) is 10.8. The quantitative estimate of drug-likeness (QED) is 0.895. The minimum absolute atomic E-state index is 0.494. The van der Waals surface area contributed by atoms with Crippen LogP contribution in [0.3, 0.4) is 0 Å². The average molecular weight is 266 g/mol. The zero-order chi connectivity index (χ0) is 14.2. The molecule has 0 unspecified atom stereocenters. The molecule has 2 heteroatoms. The lowest BCUT2D eigenvalue weighted by Gasteiger charge is -2.24. The van der Waals surface area contributed by atoms with Gasteiger partial charge in [-0.05, 0) is 31.1 Å². The second-order valence-corrected chi connectivity index (χ2v) is 5.60. The Balaban J connectivity index is 2.00. The van der Waals surface area contributed by atoms with Gasteiger partial charge in [0.2, 0.25) is 5.79 Å². The molecule has 0 saturated heterocycles. The molecule has 1 N–H and O–H groups in total. The Morgan fingerprint density at radius 2 is 1.50 bits per heavy atom. The zero-order valence-corrected chi connectivity index (χ0v) is 11.7. The maximum absolute atomic E-state index is 10.8. The molecule has 0 aromatic heterocycles. The van der Waals surface area contributed by atoms with E-state index in [0.29, 0.717) is 0 Å². The highest BCUT2D eigenvalue weighted by atomic mass is 16.6. The lowest BCUT2D eigenvalue weighted by Crippen LogP contribution is -2.26. The smallest absolute Gasteiger partial charge is 0.214 e. The SMILES string of the molecule is CC1(C)O[C@](O)(/C=C/c2ccccc2)c2ccccc21. The van der Waals surface area contributed by atoms with Crippen molar-refractivity contribution >= 4 is 6.08 Å². The van der Waals surface area contributed by atoms with E-state index >= 15 is 0 Å². The molecule has 0 spiro atoms. The summed E-state index contributed by atoms with van der Waals surface area (Å²) in [7, 11) is 0. The minimum atomic E-state index is -1.37. The number of benzene rings is 2. The van der Waals surface area contributed by atoms with E-state index in [2.05, 4.69) is 0 Å². The largest absolute Gasteiger partial charge is 0.359 e. The molecule has 0 radical (unpaired) electrons. The van der Waals surface area contributed by atoms with Gasteiger partial charge in [-0.3, -0.25) is 0 Å². The van der Waals surface area contributed by atoms with Gasteiger partial charge in [0, 0.05) is 5.56 Å². The molecule has 0 fully saturated rings. The fourth-order valence-corrected chi connectivity index (χ4v) is 2.72. The Bertz CT molecular complexity index is 643. The second kappa shape index (κ2) is 4.58. The Morgan fingerprint density at radius 3 is 2.20 bits per heavy atom. The molecule has 1 aliphatic heterocycles.